The van der Waals surface area contributed by atoms with Crippen LogP contribution in [0.3, 0.4) is 0 Å². The van der Waals surface area contributed by atoms with Gasteiger partial charge in [-0.05, 0) is 25.1 Å². The van der Waals surface area contributed by atoms with E-state index in [1.165, 1.54) is 6.33 Å². The Bertz CT molecular complexity index is 659. The third-order valence-corrected chi connectivity index (χ3v) is 2.71. The Kier molecular flexibility index (Phi) is 3.75. The summed E-state index contributed by atoms with van der Waals surface area (Å²) in [7, 11) is 0. The summed E-state index contributed by atoms with van der Waals surface area (Å²) in [5.74, 6) is 0.824. The first-order valence-corrected chi connectivity index (χ1v) is 5.83. The third kappa shape index (κ3) is 2.70. The van der Waals surface area contributed by atoms with Crippen molar-refractivity contribution in [1.82, 2.24) is 14.8 Å². The van der Waals surface area contributed by atoms with E-state index < -0.39 is 0 Å². The van der Waals surface area contributed by atoms with Crippen molar-refractivity contribution < 1.29 is 0 Å². The summed E-state index contributed by atoms with van der Waals surface area (Å²) in [5, 5.41) is 25.0. The Labute approximate surface area is 110 Å². The smallest absolute Gasteiger partial charge is 0.146 e. The Balaban J connectivity index is 2.13. The van der Waals surface area contributed by atoms with Crippen molar-refractivity contribution in [3.63, 3.8) is 0 Å². The molecule has 0 fully saturated rings. The minimum Gasteiger partial charge on any atom is -0.378 e. The fraction of sp³-hybridized carbons (Fsp3) is 0.231. The number of aryl methyl sites for hydroxylation is 1. The molecule has 0 atom stereocenters. The number of rotatable bonds is 4. The van der Waals surface area contributed by atoms with Crippen LogP contribution in [0.2, 0.25) is 0 Å². The lowest BCUT2D eigenvalue weighted by molar-refractivity contribution is 0.622. The van der Waals surface area contributed by atoms with Gasteiger partial charge >= 0.3 is 0 Å². The van der Waals surface area contributed by atoms with Gasteiger partial charge in [-0.3, -0.25) is 0 Å². The molecule has 2 aromatic rings. The van der Waals surface area contributed by atoms with E-state index >= 15 is 0 Å². The molecule has 0 aliphatic rings. The van der Waals surface area contributed by atoms with Crippen molar-refractivity contribution in [2.75, 3.05) is 5.32 Å². The molecule has 1 aromatic heterocycles. The van der Waals surface area contributed by atoms with Gasteiger partial charge in [0.1, 0.15) is 24.3 Å². The molecule has 6 heteroatoms. The van der Waals surface area contributed by atoms with Crippen LogP contribution in [-0.2, 0) is 13.1 Å². The number of nitrogens with zero attached hydrogens (tertiary/aromatic N) is 5. The van der Waals surface area contributed by atoms with Crippen LogP contribution in [0.1, 0.15) is 23.9 Å². The molecule has 19 heavy (non-hydrogen) atoms. The van der Waals surface area contributed by atoms with Crippen molar-refractivity contribution in [1.29, 1.82) is 10.5 Å². The number of nitriles is 2. The van der Waals surface area contributed by atoms with Gasteiger partial charge in [0, 0.05) is 12.2 Å². The van der Waals surface area contributed by atoms with Crippen LogP contribution >= 0.6 is 0 Å². The fourth-order valence-corrected chi connectivity index (χ4v) is 1.71. The quantitative estimate of drug-likeness (QED) is 0.893. The van der Waals surface area contributed by atoms with Gasteiger partial charge in [0.15, 0.2) is 0 Å². The number of hydrogen-bond donors (Lipinski definition) is 1. The number of aromatic nitrogens is 3. The monoisotopic (exact) mass is 252 g/mol. The van der Waals surface area contributed by atoms with Gasteiger partial charge in [0.05, 0.1) is 17.7 Å². The molecule has 0 amide bonds. The Hall–Kier alpha value is -2.86. The number of nitrogens with one attached hydrogen (secondary N) is 1. The van der Waals surface area contributed by atoms with Crippen molar-refractivity contribution in [2.24, 2.45) is 0 Å². The first-order chi connectivity index (χ1) is 9.28. The van der Waals surface area contributed by atoms with E-state index in [-0.39, 0.29) is 0 Å². The van der Waals surface area contributed by atoms with Crippen LogP contribution in [0.4, 0.5) is 5.69 Å². The summed E-state index contributed by atoms with van der Waals surface area (Å²) in [5.41, 5.74) is 1.52. The largest absolute Gasteiger partial charge is 0.378 e. The molecule has 1 N–H and O–H groups in total. The summed E-state index contributed by atoms with van der Waals surface area (Å²) < 4.78 is 1.79. The van der Waals surface area contributed by atoms with Gasteiger partial charge in [-0.2, -0.15) is 15.6 Å². The van der Waals surface area contributed by atoms with Crippen molar-refractivity contribution >= 4 is 5.69 Å². The second kappa shape index (κ2) is 5.65. The minimum absolute atomic E-state index is 0.365. The highest BCUT2D eigenvalue weighted by molar-refractivity contribution is 5.56. The van der Waals surface area contributed by atoms with Gasteiger partial charge in [0.25, 0.3) is 0 Å². The van der Waals surface area contributed by atoms with Crippen molar-refractivity contribution in [3.8, 4) is 12.1 Å². The minimum atomic E-state index is 0.365. The first-order valence-electron chi connectivity index (χ1n) is 5.83. The molecule has 0 radical (unpaired) electrons. The zero-order valence-corrected chi connectivity index (χ0v) is 10.5. The maximum absolute atomic E-state index is 8.95. The van der Waals surface area contributed by atoms with E-state index in [2.05, 4.69) is 15.4 Å². The van der Waals surface area contributed by atoms with Gasteiger partial charge < -0.3 is 5.32 Å². The molecular weight excluding hydrogens is 240 g/mol. The molecule has 0 aliphatic carbocycles. The summed E-state index contributed by atoms with van der Waals surface area (Å²) >= 11 is 0. The van der Waals surface area contributed by atoms with E-state index in [0.29, 0.717) is 17.7 Å². The third-order valence-electron chi connectivity index (χ3n) is 2.71. The number of anilines is 1. The molecule has 94 valence electrons. The van der Waals surface area contributed by atoms with Crippen LogP contribution < -0.4 is 5.32 Å². The molecule has 6 nitrogen and oxygen atoms in total. The Morgan fingerprint density at radius 3 is 2.74 bits per heavy atom. The van der Waals surface area contributed by atoms with E-state index in [4.69, 9.17) is 10.5 Å². The Morgan fingerprint density at radius 1 is 1.26 bits per heavy atom. The first kappa shape index (κ1) is 12.6. The average Bonchev–Trinajstić information content (AvgIpc) is 2.92. The van der Waals surface area contributed by atoms with E-state index in [1.54, 1.807) is 22.9 Å². The van der Waals surface area contributed by atoms with Crippen LogP contribution in [0.25, 0.3) is 0 Å². The molecular formula is C13H12N6. The molecule has 0 aliphatic heterocycles. The van der Waals surface area contributed by atoms with E-state index in [9.17, 15) is 0 Å². The predicted octanol–water partition coefficient (Wildman–Crippen LogP) is 1.65. The number of benzene rings is 1. The average molecular weight is 252 g/mol. The highest BCUT2D eigenvalue weighted by Crippen LogP contribution is 2.15. The van der Waals surface area contributed by atoms with Crippen molar-refractivity contribution in [2.45, 2.75) is 20.0 Å². The standard InChI is InChI=1S/C13H12N6/c1-2-19-13(17-9-18-19)8-16-12-4-3-10(6-14)11(5-12)7-15/h3-5,9,16H,2,8H2,1H3. The molecule has 0 spiro atoms. The van der Waals surface area contributed by atoms with Gasteiger partial charge in [-0.25, -0.2) is 9.67 Å². The molecule has 1 heterocycles. The normalized spacial score (nSPS) is 9.63. The summed E-state index contributed by atoms with van der Waals surface area (Å²) in [6.45, 7) is 3.27. The molecule has 0 bridgehead atoms. The molecule has 0 saturated carbocycles. The highest BCUT2D eigenvalue weighted by Gasteiger charge is 2.05. The zero-order valence-electron chi connectivity index (χ0n) is 10.5. The van der Waals surface area contributed by atoms with Crippen molar-refractivity contribution in [3.05, 3.63) is 41.5 Å². The summed E-state index contributed by atoms with van der Waals surface area (Å²) in [6.07, 6.45) is 1.51. The molecule has 2 rings (SSSR count). The molecule has 0 unspecified atom stereocenters. The summed E-state index contributed by atoms with van der Waals surface area (Å²) in [4.78, 5) is 4.15. The van der Waals surface area contributed by atoms with E-state index in [1.807, 2.05) is 19.1 Å². The number of hydrogen-bond acceptors (Lipinski definition) is 5. The van der Waals surface area contributed by atoms with E-state index in [0.717, 1.165) is 18.1 Å². The zero-order chi connectivity index (χ0) is 13.7. The van der Waals surface area contributed by atoms with Crippen LogP contribution in [0, 0.1) is 22.7 Å². The van der Waals surface area contributed by atoms with Crippen LogP contribution in [-0.4, -0.2) is 14.8 Å². The fourth-order valence-electron chi connectivity index (χ4n) is 1.71. The van der Waals surface area contributed by atoms with Crippen LogP contribution in [0.15, 0.2) is 24.5 Å². The van der Waals surface area contributed by atoms with Gasteiger partial charge in [-0.1, -0.05) is 0 Å². The molecule has 1 aromatic carbocycles. The lowest BCUT2D eigenvalue weighted by atomic mass is 10.1. The lowest BCUT2D eigenvalue weighted by Crippen LogP contribution is -2.09. The molecule has 0 saturated heterocycles. The predicted molar refractivity (Wildman–Crippen MR) is 68.9 cm³/mol. The van der Waals surface area contributed by atoms with Gasteiger partial charge in [0.2, 0.25) is 0 Å². The maximum atomic E-state index is 8.95. The Morgan fingerprint density at radius 2 is 2.05 bits per heavy atom. The second-order valence-electron chi connectivity index (χ2n) is 3.83. The van der Waals surface area contributed by atoms with Crippen LogP contribution in [0.5, 0.6) is 0 Å². The SMILES string of the molecule is CCn1ncnc1CNc1ccc(C#N)c(C#N)c1. The lowest BCUT2D eigenvalue weighted by Gasteiger charge is -2.07. The van der Waals surface area contributed by atoms with Gasteiger partial charge in [-0.15, -0.1) is 0 Å². The highest BCUT2D eigenvalue weighted by atomic mass is 15.3. The maximum Gasteiger partial charge on any atom is 0.146 e. The topological polar surface area (TPSA) is 90.3 Å². The second-order valence-corrected chi connectivity index (χ2v) is 3.83. The summed E-state index contributed by atoms with van der Waals surface area (Å²) in [6, 6.07) is 9.05.